The second-order valence-corrected chi connectivity index (χ2v) is 2.43. The molecule has 2 aromatic heterocycles. The van der Waals surface area contributed by atoms with Crippen LogP contribution in [0.5, 0.6) is 0 Å². The van der Waals surface area contributed by atoms with Gasteiger partial charge in [0.1, 0.15) is 5.82 Å². The van der Waals surface area contributed by atoms with Crippen molar-refractivity contribution in [2.75, 3.05) is 5.73 Å². The van der Waals surface area contributed by atoms with Gasteiger partial charge in [0.05, 0.1) is 12.3 Å². The molecule has 0 aliphatic carbocycles. The van der Waals surface area contributed by atoms with Crippen LogP contribution in [0.3, 0.4) is 0 Å². The zero-order chi connectivity index (χ0) is 8.55. The summed E-state index contributed by atoms with van der Waals surface area (Å²) in [6.45, 7) is -0.0944. The lowest BCUT2D eigenvalue weighted by Gasteiger charge is -1.94. The van der Waals surface area contributed by atoms with E-state index in [0.29, 0.717) is 17.2 Å². The van der Waals surface area contributed by atoms with Gasteiger partial charge < -0.3 is 10.8 Å². The highest BCUT2D eigenvalue weighted by molar-refractivity contribution is 5.45. The van der Waals surface area contributed by atoms with Gasteiger partial charge in [-0.2, -0.15) is 9.61 Å². The summed E-state index contributed by atoms with van der Waals surface area (Å²) in [5.74, 6) is 0.514. The van der Waals surface area contributed by atoms with Gasteiger partial charge in [-0.15, -0.1) is 0 Å². The Balaban J connectivity index is 2.74. The van der Waals surface area contributed by atoms with Crippen molar-refractivity contribution in [3.63, 3.8) is 0 Å². The van der Waals surface area contributed by atoms with Crippen LogP contribution in [-0.4, -0.2) is 19.7 Å². The molecule has 62 valence electrons. The van der Waals surface area contributed by atoms with Crippen molar-refractivity contribution in [1.82, 2.24) is 14.6 Å². The number of hydrogen-bond acceptors (Lipinski definition) is 4. The Morgan fingerprint density at radius 2 is 2.42 bits per heavy atom. The number of rotatable bonds is 1. The summed E-state index contributed by atoms with van der Waals surface area (Å²) in [6, 6.07) is 3.34. The Labute approximate surface area is 68.5 Å². The molecule has 5 nitrogen and oxygen atoms in total. The molecule has 0 aliphatic heterocycles. The summed E-state index contributed by atoms with van der Waals surface area (Å²) >= 11 is 0. The molecular weight excluding hydrogens is 156 g/mol. The number of nitrogens with two attached hydrogens (primary N) is 1. The number of anilines is 1. The average molecular weight is 164 g/mol. The highest BCUT2D eigenvalue weighted by Crippen LogP contribution is 2.07. The number of aromatic nitrogens is 3. The fourth-order valence-corrected chi connectivity index (χ4v) is 1.04. The first-order chi connectivity index (χ1) is 5.81. The minimum absolute atomic E-state index is 0.0944. The fraction of sp³-hybridized carbons (Fsp3) is 0.143. The molecule has 0 bridgehead atoms. The standard InChI is InChI=1S/C7H8N4O/c8-6-1-2-9-7-3-5(4-12)10-11(6)7/h1-3,12H,4,8H2. The summed E-state index contributed by atoms with van der Waals surface area (Å²) in [7, 11) is 0. The predicted molar refractivity (Wildman–Crippen MR) is 43.3 cm³/mol. The molecule has 0 atom stereocenters. The van der Waals surface area contributed by atoms with Crippen LogP contribution in [-0.2, 0) is 6.61 Å². The van der Waals surface area contributed by atoms with E-state index in [1.165, 1.54) is 4.52 Å². The topological polar surface area (TPSA) is 76.4 Å². The van der Waals surface area contributed by atoms with Crippen molar-refractivity contribution in [1.29, 1.82) is 0 Å². The summed E-state index contributed by atoms with van der Waals surface area (Å²) in [4.78, 5) is 4.02. The number of fused-ring (bicyclic) bond motifs is 1. The van der Waals surface area contributed by atoms with E-state index < -0.39 is 0 Å². The molecule has 3 N–H and O–H groups in total. The monoisotopic (exact) mass is 164 g/mol. The highest BCUT2D eigenvalue weighted by atomic mass is 16.3. The van der Waals surface area contributed by atoms with Gasteiger partial charge in [-0.1, -0.05) is 0 Å². The van der Waals surface area contributed by atoms with E-state index in [4.69, 9.17) is 10.8 Å². The minimum Gasteiger partial charge on any atom is -0.390 e. The SMILES string of the molecule is Nc1ccnc2cc(CO)nn12. The highest BCUT2D eigenvalue weighted by Gasteiger charge is 2.02. The van der Waals surface area contributed by atoms with Crippen molar-refractivity contribution in [3.05, 3.63) is 24.0 Å². The van der Waals surface area contributed by atoms with Crippen molar-refractivity contribution >= 4 is 11.5 Å². The Morgan fingerprint density at radius 1 is 1.58 bits per heavy atom. The molecule has 2 heterocycles. The van der Waals surface area contributed by atoms with E-state index in [0.717, 1.165) is 0 Å². The van der Waals surface area contributed by atoms with E-state index in [-0.39, 0.29) is 6.61 Å². The van der Waals surface area contributed by atoms with Crippen molar-refractivity contribution in [2.45, 2.75) is 6.61 Å². The van der Waals surface area contributed by atoms with Gasteiger partial charge >= 0.3 is 0 Å². The molecule has 0 fully saturated rings. The van der Waals surface area contributed by atoms with Crippen molar-refractivity contribution < 1.29 is 5.11 Å². The smallest absolute Gasteiger partial charge is 0.157 e. The first kappa shape index (κ1) is 7.05. The molecule has 0 saturated heterocycles. The van der Waals surface area contributed by atoms with E-state index in [1.807, 2.05) is 0 Å². The molecular formula is C7H8N4O. The molecule has 0 spiro atoms. The second-order valence-electron chi connectivity index (χ2n) is 2.43. The maximum absolute atomic E-state index is 8.79. The summed E-state index contributed by atoms with van der Waals surface area (Å²) < 4.78 is 1.49. The molecule has 0 aromatic carbocycles. The van der Waals surface area contributed by atoms with Gasteiger partial charge in [0, 0.05) is 12.3 Å². The van der Waals surface area contributed by atoms with Crippen LogP contribution >= 0.6 is 0 Å². The van der Waals surface area contributed by atoms with Gasteiger partial charge in [-0.3, -0.25) is 0 Å². The molecule has 0 unspecified atom stereocenters. The third-order valence-electron chi connectivity index (χ3n) is 1.60. The quantitative estimate of drug-likeness (QED) is 0.612. The van der Waals surface area contributed by atoms with Crippen molar-refractivity contribution in [2.24, 2.45) is 0 Å². The number of nitrogen functional groups attached to an aromatic ring is 1. The van der Waals surface area contributed by atoms with E-state index >= 15 is 0 Å². The summed E-state index contributed by atoms with van der Waals surface area (Å²) in [5.41, 5.74) is 6.82. The first-order valence-electron chi connectivity index (χ1n) is 3.51. The van der Waals surface area contributed by atoms with E-state index in [1.54, 1.807) is 18.3 Å². The lowest BCUT2D eigenvalue weighted by Crippen LogP contribution is -1.99. The van der Waals surface area contributed by atoms with Crippen LogP contribution in [0.2, 0.25) is 0 Å². The second kappa shape index (κ2) is 2.46. The molecule has 5 heteroatoms. The fourth-order valence-electron chi connectivity index (χ4n) is 1.04. The lowest BCUT2D eigenvalue weighted by molar-refractivity contribution is 0.276. The average Bonchev–Trinajstić information content (AvgIpc) is 2.49. The first-order valence-corrected chi connectivity index (χ1v) is 3.51. The molecule has 2 aromatic rings. The molecule has 2 rings (SSSR count). The van der Waals surface area contributed by atoms with E-state index in [2.05, 4.69) is 10.1 Å². The zero-order valence-electron chi connectivity index (χ0n) is 6.31. The minimum atomic E-state index is -0.0944. The Morgan fingerprint density at radius 3 is 3.08 bits per heavy atom. The molecule has 12 heavy (non-hydrogen) atoms. The number of hydrogen-bond donors (Lipinski definition) is 2. The van der Waals surface area contributed by atoms with Gasteiger partial charge in [0.25, 0.3) is 0 Å². The number of nitrogens with zero attached hydrogens (tertiary/aromatic N) is 3. The van der Waals surface area contributed by atoms with Crippen LogP contribution in [0.4, 0.5) is 5.82 Å². The van der Waals surface area contributed by atoms with Crippen LogP contribution < -0.4 is 5.73 Å². The lowest BCUT2D eigenvalue weighted by atomic mass is 10.4. The van der Waals surface area contributed by atoms with Crippen LogP contribution in [0.1, 0.15) is 5.69 Å². The zero-order valence-corrected chi connectivity index (χ0v) is 6.31. The van der Waals surface area contributed by atoms with Gasteiger partial charge in [-0.25, -0.2) is 4.98 Å². The van der Waals surface area contributed by atoms with E-state index in [9.17, 15) is 0 Å². The third-order valence-corrected chi connectivity index (χ3v) is 1.60. The largest absolute Gasteiger partial charge is 0.390 e. The van der Waals surface area contributed by atoms with Gasteiger partial charge in [0.2, 0.25) is 0 Å². The number of aliphatic hydroxyl groups excluding tert-OH is 1. The van der Waals surface area contributed by atoms with Gasteiger partial charge in [-0.05, 0) is 6.07 Å². The maximum Gasteiger partial charge on any atom is 0.157 e. The van der Waals surface area contributed by atoms with Crippen LogP contribution in [0, 0.1) is 0 Å². The maximum atomic E-state index is 8.79. The molecule has 0 radical (unpaired) electrons. The molecule has 0 amide bonds. The molecule has 0 aliphatic rings. The van der Waals surface area contributed by atoms with Crippen molar-refractivity contribution in [3.8, 4) is 0 Å². The number of aliphatic hydroxyl groups is 1. The molecule has 0 saturated carbocycles. The summed E-state index contributed by atoms with van der Waals surface area (Å²) in [6.07, 6.45) is 1.60. The normalized spacial score (nSPS) is 10.8. The predicted octanol–water partition coefficient (Wildman–Crippen LogP) is -0.196. The Hall–Kier alpha value is -1.62. The Bertz CT molecular complexity index is 409. The Kier molecular flexibility index (Phi) is 1.44. The van der Waals surface area contributed by atoms with Gasteiger partial charge in [0.15, 0.2) is 5.65 Å². The van der Waals surface area contributed by atoms with Crippen LogP contribution in [0.15, 0.2) is 18.3 Å². The van der Waals surface area contributed by atoms with Crippen LogP contribution in [0.25, 0.3) is 5.65 Å². The third kappa shape index (κ3) is 0.911. The summed E-state index contributed by atoms with van der Waals surface area (Å²) in [5, 5.41) is 12.8.